The SMILES string of the molecule is O=C(COc1ccc(Cl)c(F)c1)NC12CCC(NC(=O)Cc3ccc(C(F)(F)F)cc3)(CC1)[C@@H](O)C2. The molecule has 0 radical (unpaired) electrons. The predicted octanol–water partition coefficient (Wildman–Crippen LogP) is 4.17. The summed E-state index contributed by atoms with van der Waals surface area (Å²) in [6.07, 6.45) is -3.35. The van der Waals surface area contributed by atoms with E-state index in [1.165, 1.54) is 24.3 Å². The number of alkyl halides is 3. The van der Waals surface area contributed by atoms with Crippen LogP contribution in [0.25, 0.3) is 0 Å². The van der Waals surface area contributed by atoms with E-state index in [-0.39, 0.29) is 30.2 Å². The van der Waals surface area contributed by atoms with Crippen LogP contribution in [0.15, 0.2) is 42.5 Å². The first-order chi connectivity index (χ1) is 16.9. The summed E-state index contributed by atoms with van der Waals surface area (Å²) in [5.74, 6) is -1.31. The topological polar surface area (TPSA) is 87.7 Å². The molecule has 194 valence electrons. The molecule has 3 N–H and O–H groups in total. The minimum absolute atomic E-state index is 0.0565. The Labute approximate surface area is 210 Å². The first kappa shape index (κ1) is 26.2. The van der Waals surface area contributed by atoms with Gasteiger partial charge in [-0.1, -0.05) is 23.7 Å². The molecular weight excluding hydrogens is 504 g/mol. The van der Waals surface area contributed by atoms with Gasteiger partial charge >= 0.3 is 6.18 Å². The fourth-order valence-corrected chi connectivity index (χ4v) is 5.15. The van der Waals surface area contributed by atoms with Gasteiger partial charge in [0.2, 0.25) is 5.91 Å². The number of amides is 2. The molecule has 0 aliphatic heterocycles. The molecule has 0 spiro atoms. The summed E-state index contributed by atoms with van der Waals surface area (Å²) >= 11 is 5.63. The van der Waals surface area contributed by atoms with Crippen LogP contribution in [-0.4, -0.2) is 40.7 Å². The monoisotopic (exact) mass is 528 g/mol. The van der Waals surface area contributed by atoms with Crippen LogP contribution >= 0.6 is 11.6 Å². The predicted molar refractivity (Wildman–Crippen MR) is 123 cm³/mol. The average Bonchev–Trinajstić information content (AvgIpc) is 2.81. The zero-order chi connectivity index (χ0) is 26.1. The summed E-state index contributed by atoms with van der Waals surface area (Å²) in [7, 11) is 0. The van der Waals surface area contributed by atoms with Crippen molar-refractivity contribution in [2.24, 2.45) is 0 Å². The van der Waals surface area contributed by atoms with Gasteiger partial charge in [0.25, 0.3) is 5.91 Å². The van der Waals surface area contributed by atoms with Gasteiger partial charge in [-0.05, 0) is 61.9 Å². The van der Waals surface area contributed by atoms with Crippen LogP contribution in [0.2, 0.25) is 5.02 Å². The summed E-state index contributed by atoms with van der Waals surface area (Å²) in [5.41, 5.74) is -1.86. The largest absolute Gasteiger partial charge is 0.484 e. The summed E-state index contributed by atoms with van der Waals surface area (Å²) in [6.45, 7) is -0.339. The smallest absolute Gasteiger partial charge is 0.416 e. The molecule has 5 rings (SSSR count). The highest BCUT2D eigenvalue weighted by Gasteiger charge is 2.55. The number of fused-ring (bicyclic) bond motifs is 3. The number of hydrogen-bond donors (Lipinski definition) is 3. The van der Waals surface area contributed by atoms with Gasteiger partial charge in [-0.25, -0.2) is 4.39 Å². The molecule has 11 heteroatoms. The fourth-order valence-electron chi connectivity index (χ4n) is 5.03. The molecule has 0 heterocycles. The molecule has 3 aliphatic carbocycles. The van der Waals surface area contributed by atoms with E-state index < -0.39 is 46.6 Å². The lowest BCUT2D eigenvalue weighted by molar-refractivity contribution is -0.137. The number of aliphatic hydroxyl groups is 1. The molecule has 6 nitrogen and oxygen atoms in total. The fraction of sp³-hybridized carbons (Fsp3) is 0.440. The Kier molecular flexibility index (Phi) is 7.21. The van der Waals surface area contributed by atoms with Crippen molar-refractivity contribution in [2.45, 2.75) is 61.9 Å². The van der Waals surface area contributed by atoms with E-state index in [9.17, 15) is 32.3 Å². The highest BCUT2D eigenvalue weighted by atomic mass is 35.5. The van der Waals surface area contributed by atoms with Gasteiger partial charge in [-0.2, -0.15) is 13.2 Å². The van der Waals surface area contributed by atoms with E-state index in [1.54, 1.807) is 0 Å². The third kappa shape index (κ3) is 5.75. The van der Waals surface area contributed by atoms with Crippen molar-refractivity contribution in [2.75, 3.05) is 6.61 Å². The molecule has 2 aromatic rings. The van der Waals surface area contributed by atoms with Gasteiger partial charge in [0.05, 0.1) is 28.6 Å². The molecule has 2 bridgehead atoms. The molecule has 36 heavy (non-hydrogen) atoms. The van der Waals surface area contributed by atoms with Gasteiger partial charge < -0.3 is 20.5 Å². The molecule has 2 aromatic carbocycles. The second-order valence-corrected chi connectivity index (χ2v) is 9.90. The van der Waals surface area contributed by atoms with E-state index in [0.29, 0.717) is 31.2 Å². The molecule has 3 fully saturated rings. The van der Waals surface area contributed by atoms with Crippen LogP contribution in [0.3, 0.4) is 0 Å². The number of ether oxygens (including phenoxy) is 1. The molecule has 0 aromatic heterocycles. The lowest BCUT2D eigenvalue weighted by Crippen LogP contribution is -2.70. The Balaban J connectivity index is 1.30. The summed E-state index contributed by atoms with van der Waals surface area (Å²) in [6, 6.07) is 8.25. The normalized spacial score (nSPS) is 25.3. The van der Waals surface area contributed by atoms with Crippen molar-refractivity contribution in [3.8, 4) is 5.75 Å². The summed E-state index contributed by atoms with van der Waals surface area (Å²) < 4.78 is 57.1. The van der Waals surface area contributed by atoms with Crippen molar-refractivity contribution in [1.29, 1.82) is 0 Å². The number of hydrogen-bond acceptors (Lipinski definition) is 4. The lowest BCUT2D eigenvalue weighted by atomic mass is 9.60. The van der Waals surface area contributed by atoms with Crippen molar-refractivity contribution in [3.05, 3.63) is 64.4 Å². The van der Waals surface area contributed by atoms with Gasteiger partial charge in [0.1, 0.15) is 11.6 Å². The van der Waals surface area contributed by atoms with E-state index >= 15 is 0 Å². The minimum atomic E-state index is -4.45. The number of aliphatic hydroxyl groups excluding tert-OH is 1. The first-order valence-corrected chi connectivity index (χ1v) is 11.8. The first-order valence-electron chi connectivity index (χ1n) is 11.4. The van der Waals surface area contributed by atoms with Crippen LogP contribution in [-0.2, 0) is 22.2 Å². The Morgan fingerprint density at radius 1 is 1.03 bits per heavy atom. The van der Waals surface area contributed by atoms with E-state index in [1.807, 2.05) is 0 Å². The van der Waals surface area contributed by atoms with E-state index in [0.717, 1.165) is 18.2 Å². The number of rotatable bonds is 7. The number of carbonyl (C=O) groups is 2. The van der Waals surface area contributed by atoms with Crippen molar-refractivity contribution in [1.82, 2.24) is 10.6 Å². The Bertz CT molecular complexity index is 1130. The van der Waals surface area contributed by atoms with E-state index in [4.69, 9.17) is 16.3 Å². The third-order valence-electron chi connectivity index (χ3n) is 7.02. The highest BCUT2D eigenvalue weighted by molar-refractivity contribution is 6.30. The maximum Gasteiger partial charge on any atom is 0.416 e. The zero-order valence-corrected chi connectivity index (χ0v) is 19.9. The summed E-state index contributed by atoms with van der Waals surface area (Å²) in [5, 5.41) is 16.6. The standard InChI is InChI=1S/C25H25ClF4N2O4/c26-18-6-5-17(12-19(18)27)36-14-22(35)31-23-7-9-24(10-8-23,20(33)13-23)32-21(34)11-15-1-3-16(4-2-15)25(28,29)30/h1-6,12,20,33H,7-11,13-14H2,(H,31,35)(H,32,34)/t20-,23?,24?/m0/s1. The molecule has 0 saturated heterocycles. The van der Waals surface area contributed by atoms with Gasteiger partial charge in [-0.3, -0.25) is 9.59 Å². The van der Waals surface area contributed by atoms with Gasteiger partial charge in [0, 0.05) is 11.6 Å². The second kappa shape index (κ2) is 9.89. The molecule has 2 amide bonds. The Morgan fingerprint density at radius 2 is 1.69 bits per heavy atom. The van der Waals surface area contributed by atoms with Crippen molar-refractivity contribution >= 4 is 23.4 Å². The van der Waals surface area contributed by atoms with Gasteiger partial charge in [0.15, 0.2) is 6.61 Å². The quantitative estimate of drug-likeness (QED) is 0.471. The number of benzene rings is 2. The lowest BCUT2D eigenvalue weighted by Gasteiger charge is -2.56. The Hall–Kier alpha value is -2.85. The summed E-state index contributed by atoms with van der Waals surface area (Å²) in [4.78, 5) is 25.1. The van der Waals surface area contributed by atoms with E-state index in [2.05, 4.69) is 10.6 Å². The second-order valence-electron chi connectivity index (χ2n) is 9.49. The number of carbonyl (C=O) groups excluding carboxylic acids is 2. The molecule has 3 aliphatic rings. The highest BCUT2D eigenvalue weighted by Crippen LogP contribution is 2.47. The van der Waals surface area contributed by atoms with Crippen LogP contribution < -0.4 is 15.4 Å². The Morgan fingerprint density at radius 3 is 2.28 bits per heavy atom. The molecular formula is C25H25ClF4N2O4. The number of nitrogens with one attached hydrogen (secondary N) is 2. The molecule has 3 saturated carbocycles. The average molecular weight is 529 g/mol. The van der Waals surface area contributed by atoms with Crippen LogP contribution in [0, 0.1) is 5.82 Å². The minimum Gasteiger partial charge on any atom is -0.484 e. The van der Waals surface area contributed by atoms with Crippen molar-refractivity contribution < 1.29 is 37.0 Å². The van der Waals surface area contributed by atoms with Crippen LogP contribution in [0.5, 0.6) is 5.75 Å². The van der Waals surface area contributed by atoms with Gasteiger partial charge in [-0.15, -0.1) is 0 Å². The maximum absolute atomic E-state index is 13.5. The third-order valence-corrected chi connectivity index (χ3v) is 7.33. The van der Waals surface area contributed by atoms with Crippen LogP contribution in [0.1, 0.15) is 43.2 Å². The maximum atomic E-state index is 13.5. The zero-order valence-electron chi connectivity index (χ0n) is 19.1. The van der Waals surface area contributed by atoms with Crippen LogP contribution in [0.4, 0.5) is 17.6 Å². The molecule has 0 unspecified atom stereocenters. The number of halogens is 5. The van der Waals surface area contributed by atoms with Crippen molar-refractivity contribution in [3.63, 3.8) is 0 Å². The molecule has 1 atom stereocenters.